The lowest BCUT2D eigenvalue weighted by Crippen LogP contribution is -2.15. The van der Waals surface area contributed by atoms with Crippen molar-refractivity contribution in [2.75, 3.05) is 25.3 Å². The highest BCUT2D eigenvalue weighted by atomic mass is 35.5. The number of hydrogen-bond acceptors (Lipinski definition) is 7. The fourth-order valence-electron chi connectivity index (χ4n) is 3.19. The number of nitrogens with one attached hydrogen (secondary N) is 1. The van der Waals surface area contributed by atoms with E-state index in [4.69, 9.17) is 21.1 Å². The molecule has 0 spiro atoms. The second kappa shape index (κ2) is 11.1. The van der Waals surface area contributed by atoms with Crippen LogP contribution in [-0.2, 0) is 11.2 Å². The lowest BCUT2D eigenvalue weighted by Gasteiger charge is -2.14. The van der Waals surface area contributed by atoms with E-state index >= 15 is 0 Å². The van der Waals surface area contributed by atoms with Gasteiger partial charge in [0.2, 0.25) is 5.91 Å². The number of aryl methyl sites for hydroxylation is 1. The van der Waals surface area contributed by atoms with Crippen molar-refractivity contribution in [1.82, 2.24) is 14.8 Å². The molecule has 172 valence electrons. The molecule has 0 bridgehead atoms. The summed E-state index contributed by atoms with van der Waals surface area (Å²) in [7, 11) is 3.04. The molecule has 0 fully saturated rings. The highest BCUT2D eigenvalue weighted by Gasteiger charge is 2.19. The average Bonchev–Trinajstić information content (AvgIpc) is 3.40. The molecule has 0 aliphatic carbocycles. The van der Waals surface area contributed by atoms with Crippen LogP contribution >= 0.6 is 34.7 Å². The minimum Gasteiger partial charge on any atom is -0.495 e. The summed E-state index contributed by atoms with van der Waals surface area (Å²) in [5.74, 6) is 1.72. The normalized spacial score (nSPS) is 11.1. The Bertz CT molecular complexity index is 1080. The molecule has 1 aromatic carbocycles. The maximum atomic E-state index is 12.7. The van der Waals surface area contributed by atoms with Gasteiger partial charge >= 0.3 is 0 Å². The number of nitrogens with zero attached hydrogens (tertiary/aromatic N) is 3. The van der Waals surface area contributed by atoms with Crippen molar-refractivity contribution in [2.45, 2.75) is 44.8 Å². The summed E-state index contributed by atoms with van der Waals surface area (Å²) in [6, 6.07) is 5.58. The number of thiophene rings is 1. The van der Waals surface area contributed by atoms with Gasteiger partial charge in [0, 0.05) is 34.0 Å². The van der Waals surface area contributed by atoms with Crippen LogP contribution in [0.25, 0.3) is 11.4 Å². The quantitative estimate of drug-likeness (QED) is 0.351. The summed E-state index contributed by atoms with van der Waals surface area (Å²) in [4.78, 5) is 14.0. The van der Waals surface area contributed by atoms with Crippen molar-refractivity contribution in [3.05, 3.63) is 33.5 Å². The fraction of sp³-hybridized carbons (Fsp3) is 0.409. The van der Waals surface area contributed by atoms with Crippen molar-refractivity contribution in [3.63, 3.8) is 0 Å². The average molecular weight is 495 g/mol. The number of carbonyl (C=O) groups is 1. The van der Waals surface area contributed by atoms with E-state index in [9.17, 15) is 4.79 Å². The van der Waals surface area contributed by atoms with Crippen LogP contribution in [0.1, 0.15) is 38.1 Å². The first-order valence-corrected chi connectivity index (χ1v) is 12.5. The third-order valence-corrected chi connectivity index (χ3v) is 6.90. The number of thioether (sulfide) groups is 1. The predicted octanol–water partition coefficient (Wildman–Crippen LogP) is 5.94. The van der Waals surface area contributed by atoms with Crippen LogP contribution in [-0.4, -0.2) is 40.6 Å². The maximum Gasteiger partial charge on any atom is 0.234 e. The van der Waals surface area contributed by atoms with E-state index in [1.54, 1.807) is 23.5 Å². The molecule has 1 amide bonds. The van der Waals surface area contributed by atoms with E-state index < -0.39 is 0 Å². The van der Waals surface area contributed by atoms with Gasteiger partial charge in [-0.2, -0.15) is 0 Å². The summed E-state index contributed by atoms with van der Waals surface area (Å²) < 4.78 is 12.6. The van der Waals surface area contributed by atoms with Crippen LogP contribution in [0.5, 0.6) is 11.5 Å². The lowest BCUT2D eigenvalue weighted by atomic mass is 10.2. The SMILES string of the molecule is CCCc1cc(-c2nnc(SCC(=O)Nc3cc(OC)c(Cl)cc3OC)n2C(C)C)cs1. The zero-order chi connectivity index (χ0) is 23.3. The predicted molar refractivity (Wildman–Crippen MR) is 132 cm³/mol. The van der Waals surface area contributed by atoms with Gasteiger partial charge in [0.15, 0.2) is 11.0 Å². The molecule has 2 heterocycles. The molecule has 10 heteroatoms. The van der Waals surface area contributed by atoms with Crippen molar-refractivity contribution >= 4 is 46.3 Å². The molecule has 0 aliphatic rings. The number of carbonyl (C=O) groups excluding carboxylic acids is 1. The van der Waals surface area contributed by atoms with Crippen molar-refractivity contribution < 1.29 is 14.3 Å². The van der Waals surface area contributed by atoms with Crippen LogP contribution in [0, 0.1) is 0 Å². The zero-order valence-corrected chi connectivity index (χ0v) is 21.2. The van der Waals surface area contributed by atoms with Gasteiger partial charge in [-0.1, -0.05) is 36.7 Å². The number of benzene rings is 1. The molecule has 0 radical (unpaired) electrons. The topological polar surface area (TPSA) is 78.3 Å². The Labute approximate surface area is 201 Å². The van der Waals surface area contributed by atoms with Crippen LogP contribution in [0.3, 0.4) is 0 Å². The first-order chi connectivity index (χ1) is 15.4. The van der Waals surface area contributed by atoms with E-state index in [1.807, 2.05) is 0 Å². The van der Waals surface area contributed by atoms with Gasteiger partial charge in [-0.3, -0.25) is 9.36 Å². The van der Waals surface area contributed by atoms with Crippen LogP contribution in [0.4, 0.5) is 5.69 Å². The van der Waals surface area contributed by atoms with E-state index in [-0.39, 0.29) is 17.7 Å². The van der Waals surface area contributed by atoms with E-state index in [0.29, 0.717) is 27.4 Å². The standard InChI is InChI=1S/C22H27ClN4O3S2/c1-6-7-15-8-14(11-31-15)21-25-26-22(27(21)13(2)3)32-12-20(28)24-17-10-18(29-4)16(23)9-19(17)30-5/h8-11,13H,6-7,12H2,1-5H3,(H,24,28). The van der Waals surface area contributed by atoms with Gasteiger partial charge in [0.25, 0.3) is 0 Å². The number of aromatic nitrogens is 3. The number of rotatable bonds is 10. The van der Waals surface area contributed by atoms with Crippen molar-refractivity contribution in [1.29, 1.82) is 0 Å². The monoisotopic (exact) mass is 494 g/mol. The van der Waals surface area contributed by atoms with Gasteiger partial charge in [0.05, 0.1) is 30.7 Å². The van der Waals surface area contributed by atoms with Crippen molar-refractivity contribution in [2.24, 2.45) is 0 Å². The van der Waals surface area contributed by atoms with Gasteiger partial charge < -0.3 is 14.8 Å². The molecule has 0 saturated heterocycles. The number of amides is 1. The molecule has 3 aromatic rings. The van der Waals surface area contributed by atoms with Gasteiger partial charge in [0.1, 0.15) is 11.5 Å². The molecule has 2 aromatic heterocycles. The molecule has 0 atom stereocenters. The lowest BCUT2D eigenvalue weighted by molar-refractivity contribution is -0.113. The third-order valence-electron chi connectivity index (χ3n) is 4.67. The highest BCUT2D eigenvalue weighted by molar-refractivity contribution is 7.99. The Hall–Kier alpha value is -2.23. The molecular weight excluding hydrogens is 468 g/mol. The Morgan fingerprint density at radius 1 is 1.22 bits per heavy atom. The van der Waals surface area contributed by atoms with Crippen LogP contribution in [0.2, 0.25) is 5.02 Å². The smallest absolute Gasteiger partial charge is 0.234 e. The summed E-state index contributed by atoms with van der Waals surface area (Å²) in [6.07, 6.45) is 2.17. The number of hydrogen-bond donors (Lipinski definition) is 1. The third kappa shape index (κ3) is 5.57. The second-order valence-corrected chi connectivity index (χ2v) is 9.69. The molecule has 1 N–H and O–H groups in total. The summed E-state index contributed by atoms with van der Waals surface area (Å²) >= 11 is 9.22. The molecule has 0 unspecified atom stereocenters. The zero-order valence-electron chi connectivity index (χ0n) is 18.8. The Balaban J connectivity index is 1.74. The maximum absolute atomic E-state index is 12.7. The molecule has 0 saturated carbocycles. The van der Waals surface area contributed by atoms with E-state index in [0.717, 1.165) is 24.2 Å². The molecular formula is C22H27ClN4O3S2. The number of anilines is 1. The van der Waals surface area contributed by atoms with Crippen LogP contribution < -0.4 is 14.8 Å². The van der Waals surface area contributed by atoms with Gasteiger partial charge in [-0.05, 0) is 26.3 Å². The highest BCUT2D eigenvalue weighted by Crippen LogP contribution is 2.36. The molecule has 7 nitrogen and oxygen atoms in total. The number of methoxy groups -OCH3 is 2. The van der Waals surface area contributed by atoms with Crippen LogP contribution in [0.15, 0.2) is 28.7 Å². The largest absolute Gasteiger partial charge is 0.495 e. The van der Waals surface area contributed by atoms with Gasteiger partial charge in [-0.15, -0.1) is 21.5 Å². The Kier molecular flexibility index (Phi) is 8.44. The minimum absolute atomic E-state index is 0.153. The van der Waals surface area contributed by atoms with E-state index in [1.165, 1.54) is 30.9 Å². The van der Waals surface area contributed by atoms with Crippen molar-refractivity contribution in [3.8, 4) is 22.9 Å². The summed E-state index contributed by atoms with van der Waals surface area (Å²) in [5.41, 5.74) is 1.56. The second-order valence-electron chi connectivity index (χ2n) is 7.35. The first-order valence-electron chi connectivity index (χ1n) is 10.2. The van der Waals surface area contributed by atoms with E-state index in [2.05, 4.69) is 52.3 Å². The first kappa shape index (κ1) is 24.4. The molecule has 3 rings (SSSR count). The molecule has 32 heavy (non-hydrogen) atoms. The number of ether oxygens (including phenoxy) is 2. The number of halogens is 1. The summed E-state index contributed by atoms with van der Waals surface area (Å²) in [6.45, 7) is 6.34. The minimum atomic E-state index is -0.196. The summed E-state index contributed by atoms with van der Waals surface area (Å²) in [5, 5.41) is 14.9. The fourth-order valence-corrected chi connectivity index (χ4v) is 5.25. The Morgan fingerprint density at radius 2 is 1.97 bits per heavy atom. The molecule has 0 aliphatic heterocycles. The van der Waals surface area contributed by atoms with Gasteiger partial charge in [-0.25, -0.2) is 0 Å². The Morgan fingerprint density at radius 3 is 2.62 bits per heavy atom.